The molecule has 2 fully saturated rings. The molecule has 1 heterocycles. The zero-order valence-electron chi connectivity index (χ0n) is 17.7. The first kappa shape index (κ1) is 22.6. The van der Waals surface area contributed by atoms with E-state index in [9.17, 15) is 18.0 Å². The lowest BCUT2D eigenvalue weighted by Crippen LogP contribution is -2.50. The SMILES string of the molecule is CCOC(=O)N1CCN(C(=O)c2cccc(S(=O)(=O)N(C)C3CCCCC3)c2)CC1. The number of benzene rings is 1. The van der Waals surface area contributed by atoms with E-state index in [1.54, 1.807) is 42.0 Å². The van der Waals surface area contributed by atoms with Gasteiger partial charge >= 0.3 is 6.09 Å². The molecule has 1 aromatic rings. The van der Waals surface area contributed by atoms with Crippen LogP contribution in [0.1, 0.15) is 49.4 Å². The van der Waals surface area contributed by atoms with E-state index in [1.807, 2.05) is 0 Å². The van der Waals surface area contributed by atoms with Crippen LogP contribution < -0.4 is 0 Å². The summed E-state index contributed by atoms with van der Waals surface area (Å²) in [4.78, 5) is 28.1. The predicted molar refractivity (Wildman–Crippen MR) is 113 cm³/mol. The Morgan fingerprint density at radius 2 is 1.70 bits per heavy atom. The zero-order chi connectivity index (χ0) is 21.7. The van der Waals surface area contributed by atoms with E-state index < -0.39 is 10.0 Å². The summed E-state index contributed by atoms with van der Waals surface area (Å²) in [5.41, 5.74) is 0.345. The lowest BCUT2D eigenvalue weighted by molar-refractivity contribution is 0.0570. The third-order valence-electron chi connectivity index (χ3n) is 5.94. The standard InChI is InChI=1S/C21H31N3O5S/c1-3-29-21(26)24-14-12-23(13-15-24)20(25)17-8-7-11-19(16-17)30(27,28)22(2)18-9-5-4-6-10-18/h7-8,11,16,18H,3-6,9-10,12-15H2,1-2H3. The van der Waals surface area contributed by atoms with Gasteiger partial charge < -0.3 is 14.5 Å². The Kier molecular flexibility index (Phi) is 7.36. The van der Waals surface area contributed by atoms with Crippen molar-refractivity contribution in [2.24, 2.45) is 0 Å². The normalized spacial score (nSPS) is 18.5. The van der Waals surface area contributed by atoms with E-state index in [4.69, 9.17) is 4.74 Å². The minimum Gasteiger partial charge on any atom is -0.450 e. The second kappa shape index (κ2) is 9.78. The first-order chi connectivity index (χ1) is 14.3. The molecule has 8 nitrogen and oxygen atoms in total. The minimum atomic E-state index is -3.66. The molecule has 1 aliphatic carbocycles. The van der Waals surface area contributed by atoms with Crippen LogP contribution >= 0.6 is 0 Å². The fourth-order valence-corrected chi connectivity index (χ4v) is 5.55. The number of sulfonamides is 1. The topological polar surface area (TPSA) is 87.2 Å². The number of amides is 2. The number of hydrogen-bond donors (Lipinski definition) is 0. The third kappa shape index (κ3) is 4.95. The van der Waals surface area contributed by atoms with Gasteiger partial charge in [-0.25, -0.2) is 13.2 Å². The average molecular weight is 438 g/mol. The van der Waals surface area contributed by atoms with E-state index in [1.165, 1.54) is 10.4 Å². The van der Waals surface area contributed by atoms with Crippen LogP contribution in [0.25, 0.3) is 0 Å². The van der Waals surface area contributed by atoms with E-state index in [0.717, 1.165) is 32.1 Å². The Morgan fingerprint density at radius 3 is 2.33 bits per heavy atom. The Labute approximate surface area is 178 Å². The maximum absolute atomic E-state index is 13.1. The second-order valence-electron chi connectivity index (χ2n) is 7.82. The quantitative estimate of drug-likeness (QED) is 0.707. The molecule has 1 aromatic carbocycles. The van der Waals surface area contributed by atoms with Gasteiger partial charge in [0.15, 0.2) is 0 Å². The smallest absolute Gasteiger partial charge is 0.409 e. The Morgan fingerprint density at radius 1 is 1.07 bits per heavy atom. The predicted octanol–water partition coefficient (Wildman–Crippen LogP) is 2.55. The van der Waals surface area contributed by atoms with Crippen LogP contribution in [0.5, 0.6) is 0 Å². The number of carbonyl (C=O) groups excluding carboxylic acids is 2. The molecule has 9 heteroatoms. The molecule has 0 N–H and O–H groups in total. The molecule has 0 atom stereocenters. The Bertz CT molecular complexity index is 859. The van der Waals surface area contributed by atoms with E-state index >= 15 is 0 Å². The van der Waals surface area contributed by atoms with E-state index in [-0.39, 0.29) is 22.9 Å². The monoisotopic (exact) mass is 437 g/mol. The molecule has 3 rings (SSSR count). The van der Waals surface area contributed by atoms with Crippen LogP contribution in [0.2, 0.25) is 0 Å². The minimum absolute atomic E-state index is 0.0130. The molecule has 0 spiro atoms. The molecule has 1 aliphatic heterocycles. The van der Waals surface area contributed by atoms with Gasteiger partial charge in [0, 0.05) is 44.8 Å². The molecule has 1 saturated carbocycles. The van der Waals surface area contributed by atoms with Crippen molar-refractivity contribution in [3.8, 4) is 0 Å². The van der Waals surface area contributed by atoms with E-state index in [2.05, 4.69) is 0 Å². The lowest BCUT2D eigenvalue weighted by Gasteiger charge is -2.34. The molecule has 166 valence electrons. The number of piperazine rings is 1. The summed E-state index contributed by atoms with van der Waals surface area (Å²) in [5, 5.41) is 0. The fourth-order valence-electron chi connectivity index (χ4n) is 4.09. The van der Waals surface area contributed by atoms with Crippen LogP contribution in [0, 0.1) is 0 Å². The van der Waals surface area contributed by atoms with Crippen molar-refractivity contribution in [1.82, 2.24) is 14.1 Å². The highest BCUT2D eigenvalue weighted by molar-refractivity contribution is 7.89. The van der Waals surface area contributed by atoms with Crippen molar-refractivity contribution in [2.75, 3.05) is 39.8 Å². The second-order valence-corrected chi connectivity index (χ2v) is 9.82. The molecular formula is C21H31N3O5S. The molecule has 30 heavy (non-hydrogen) atoms. The molecule has 1 saturated heterocycles. The molecule has 0 unspecified atom stereocenters. The van der Waals surface area contributed by atoms with Crippen LogP contribution in [-0.2, 0) is 14.8 Å². The van der Waals surface area contributed by atoms with Gasteiger partial charge in [-0.1, -0.05) is 25.3 Å². The first-order valence-electron chi connectivity index (χ1n) is 10.6. The highest BCUT2D eigenvalue weighted by Gasteiger charge is 2.30. The molecule has 2 amide bonds. The Balaban J connectivity index is 1.69. The van der Waals surface area contributed by atoms with Crippen molar-refractivity contribution < 1.29 is 22.7 Å². The summed E-state index contributed by atoms with van der Waals surface area (Å²) in [6.45, 7) is 3.63. The lowest BCUT2D eigenvalue weighted by atomic mass is 9.96. The summed E-state index contributed by atoms with van der Waals surface area (Å²) in [6, 6.07) is 6.28. The fraction of sp³-hybridized carbons (Fsp3) is 0.619. The van der Waals surface area contributed by atoms with Crippen molar-refractivity contribution in [3.05, 3.63) is 29.8 Å². The largest absolute Gasteiger partial charge is 0.450 e. The van der Waals surface area contributed by atoms with Gasteiger partial charge in [-0.05, 0) is 38.0 Å². The number of rotatable bonds is 5. The number of ether oxygens (including phenoxy) is 1. The summed E-state index contributed by atoms with van der Waals surface area (Å²) in [6.07, 6.45) is 4.61. The van der Waals surface area contributed by atoms with Crippen LogP contribution in [0.4, 0.5) is 4.79 Å². The number of carbonyl (C=O) groups is 2. The highest BCUT2D eigenvalue weighted by Crippen LogP contribution is 2.27. The van der Waals surface area contributed by atoms with Crippen LogP contribution in [0.3, 0.4) is 0 Å². The van der Waals surface area contributed by atoms with Crippen molar-refractivity contribution in [2.45, 2.75) is 50.0 Å². The molecular weight excluding hydrogens is 406 g/mol. The first-order valence-corrected chi connectivity index (χ1v) is 12.1. The van der Waals surface area contributed by atoms with Crippen LogP contribution in [-0.4, -0.2) is 80.4 Å². The highest BCUT2D eigenvalue weighted by atomic mass is 32.2. The van der Waals surface area contributed by atoms with Gasteiger partial charge in [-0.3, -0.25) is 4.79 Å². The number of nitrogens with zero attached hydrogens (tertiary/aromatic N) is 3. The summed E-state index contributed by atoms with van der Waals surface area (Å²) in [7, 11) is -2.03. The zero-order valence-corrected chi connectivity index (χ0v) is 18.6. The van der Waals surface area contributed by atoms with Gasteiger partial charge in [-0.2, -0.15) is 4.31 Å². The molecule has 0 bridgehead atoms. The van der Waals surface area contributed by atoms with Gasteiger partial charge in [0.05, 0.1) is 11.5 Å². The maximum Gasteiger partial charge on any atom is 0.409 e. The average Bonchev–Trinajstić information content (AvgIpc) is 2.79. The van der Waals surface area contributed by atoms with Crippen molar-refractivity contribution in [1.29, 1.82) is 0 Å². The molecule has 2 aliphatic rings. The summed E-state index contributed by atoms with van der Waals surface area (Å²) in [5.74, 6) is -0.226. The van der Waals surface area contributed by atoms with E-state index in [0.29, 0.717) is 38.3 Å². The number of hydrogen-bond acceptors (Lipinski definition) is 5. The van der Waals surface area contributed by atoms with Crippen molar-refractivity contribution in [3.63, 3.8) is 0 Å². The molecule has 0 aromatic heterocycles. The van der Waals surface area contributed by atoms with Gasteiger partial charge in [0.25, 0.3) is 5.91 Å². The molecule has 0 radical (unpaired) electrons. The maximum atomic E-state index is 13.1. The third-order valence-corrected chi connectivity index (χ3v) is 7.85. The van der Waals surface area contributed by atoms with Gasteiger partial charge in [-0.15, -0.1) is 0 Å². The van der Waals surface area contributed by atoms with Gasteiger partial charge in [0.2, 0.25) is 10.0 Å². The van der Waals surface area contributed by atoms with Crippen molar-refractivity contribution >= 4 is 22.0 Å². The summed E-state index contributed by atoms with van der Waals surface area (Å²) < 4.78 is 32.7. The summed E-state index contributed by atoms with van der Waals surface area (Å²) >= 11 is 0. The van der Waals surface area contributed by atoms with Crippen LogP contribution in [0.15, 0.2) is 29.2 Å². The van der Waals surface area contributed by atoms with Gasteiger partial charge in [0.1, 0.15) is 0 Å². The Hall–Kier alpha value is -2.13.